The lowest BCUT2D eigenvalue weighted by molar-refractivity contribution is -0.151. The lowest BCUT2D eigenvalue weighted by atomic mass is 9.98. The van der Waals surface area contributed by atoms with Crippen LogP contribution in [0.5, 0.6) is 0 Å². The van der Waals surface area contributed by atoms with Gasteiger partial charge in [0.2, 0.25) is 5.91 Å². The number of alkyl halides is 2. The Kier molecular flexibility index (Phi) is 7.30. The molecule has 2 amide bonds. The number of carbonyl (C=O) groups excluding carboxylic acids is 2. The largest absolute Gasteiger partial charge is 0.481 e. The van der Waals surface area contributed by atoms with E-state index in [1.807, 2.05) is 54.8 Å². The molecule has 2 N–H and O–H groups in total. The third-order valence-corrected chi connectivity index (χ3v) is 7.11. The van der Waals surface area contributed by atoms with Crippen molar-refractivity contribution >= 4 is 29.7 Å². The van der Waals surface area contributed by atoms with E-state index >= 15 is 0 Å². The van der Waals surface area contributed by atoms with Gasteiger partial charge in [-0.3, -0.25) is 9.59 Å². The van der Waals surface area contributed by atoms with Crippen molar-refractivity contribution in [1.82, 2.24) is 10.2 Å². The average Bonchev–Trinajstić information content (AvgIpc) is 3.34. The molecule has 0 spiro atoms. The monoisotopic (exact) mass is 504 g/mol. The second kappa shape index (κ2) is 10.2. The summed E-state index contributed by atoms with van der Waals surface area (Å²) in [6, 6.07) is 14.6. The van der Waals surface area contributed by atoms with Gasteiger partial charge in [-0.15, -0.1) is 0 Å². The van der Waals surface area contributed by atoms with Crippen molar-refractivity contribution in [3.63, 3.8) is 0 Å². The Balaban J connectivity index is 1.42. The molecule has 7 nitrogen and oxygen atoms in total. The molecule has 1 heterocycles. The first-order valence-corrected chi connectivity index (χ1v) is 12.6. The number of carboxylic acids is 1. The molecule has 0 radical (unpaired) electrons. The number of benzene rings is 2. The highest BCUT2D eigenvalue weighted by Gasteiger charge is 2.54. The number of carbonyl (C=O) groups is 3. The van der Waals surface area contributed by atoms with E-state index in [0.717, 1.165) is 27.2 Å². The van der Waals surface area contributed by atoms with Crippen molar-refractivity contribution in [3.05, 3.63) is 59.7 Å². The highest BCUT2D eigenvalue weighted by molar-refractivity contribution is 7.98. The summed E-state index contributed by atoms with van der Waals surface area (Å²) in [5.41, 5.74) is 4.23. The van der Waals surface area contributed by atoms with E-state index < -0.39 is 48.9 Å². The second-order valence-corrected chi connectivity index (χ2v) is 9.66. The van der Waals surface area contributed by atoms with Gasteiger partial charge in [0, 0.05) is 12.5 Å². The number of likely N-dealkylation sites (tertiary alicyclic amines) is 1. The van der Waals surface area contributed by atoms with E-state index in [1.54, 1.807) is 0 Å². The van der Waals surface area contributed by atoms with Crippen LogP contribution < -0.4 is 5.32 Å². The molecular formula is C25H26F2N2O5S. The highest BCUT2D eigenvalue weighted by atomic mass is 32.2. The van der Waals surface area contributed by atoms with Gasteiger partial charge in [0.25, 0.3) is 5.92 Å². The van der Waals surface area contributed by atoms with E-state index in [9.17, 15) is 23.2 Å². The van der Waals surface area contributed by atoms with Gasteiger partial charge in [0.1, 0.15) is 18.6 Å². The molecule has 2 aromatic carbocycles. The summed E-state index contributed by atoms with van der Waals surface area (Å²) >= 11 is 1.44. The first kappa shape index (κ1) is 25.0. The minimum atomic E-state index is -3.53. The Morgan fingerprint density at radius 2 is 1.74 bits per heavy atom. The maximum absolute atomic E-state index is 14.1. The van der Waals surface area contributed by atoms with Gasteiger partial charge >= 0.3 is 12.1 Å². The van der Waals surface area contributed by atoms with Crippen LogP contribution in [0.3, 0.4) is 0 Å². The summed E-state index contributed by atoms with van der Waals surface area (Å²) in [5.74, 6) is -7.57. The summed E-state index contributed by atoms with van der Waals surface area (Å²) in [5, 5.41) is 11.6. The molecule has 1 unspecified atom stereocenters. The van der Waals surface area contributed by atoms with Crippen LogP contribution in [0.15, 0.2) is 48.5 Å². The van der Waals surface area contributed by atoms with Crippen LogP contribution in [-0.2, 0) is 14.3 Å². The first-order chi connectivity index (χ1) is 16.7. The van der Waals surface area contributed by atoms with Gasteiger partial charge in [0.05, 0.1) is 6.54 Å². The van der Waals surface area contributed by atoms with Crippen molar-refractivity contribution in [2.24, 2.45) is 5.92 Å². The highest BCUT2D eigenvalue weighted by Crippen LogP contribution is 2.44. The van der Waals surface area contributed by atoms with Crippen LogP contribution in [0.4, 0.5) is 13.6 Å². The van der Waals surface area contributed by atoms with Crippen molar-refractivity contribution in [3.8, 4) is 11.1 Å². The molecule has 35 heavy (non-hydrogen) atoms. The molecule has 1 aliphatic carbocycles. The van der Waals surface area contributed by atoms with Gasteiger partial charge in [-0.1, -0.05) is 48.5 Å². The first-order valence-electron chi connectivity index (χ1n) is 11.2. The number of hydrogen-bond acceptors (Lipinski definition) is 5. The molecule has 1 fully saturated rings. The average molecular weight is 505 g/mol. The van der Waals surface area contributed by atoms with Crippen molar-refractivity contribution in [1.29, 1.82) is 0 Å². The summed E-state index contributed by atoms with van der Waals surface area (Å²) < 4.78 is 33.7. The molecule has 2 aromatic rings. The van der Waals surface area contributed by atoms with E-state index in [0.29, 0.717) is 5.75 Å². The number of halogens is 2. The Labute approximate surface area is 205 Å². The number of nitrogens with zero attached hydrogens (tertiary/aromatic N) is 1. The van der Waals surface area contributed by atoms with Gasteiger partial charge in [-0.05, 0) is 40.7 Å². The normalized spacial score (nSPS) is 19.1. The van der Waals surface area contributed by atoms with E-state index in [1.165, 1.54) is 11.8 Å². The Hall–Kier alpha value is -3.14. The summed E-state index contributed by atoms with van der Waals surface area (Å²) in [6.45, 7) is -1.56. The zero-order valence-corrected chi connectivity index (χ0v) is 19.9. The molecule has 0 saturated carbocycles. The lowest BCUT2D eigenvalue weighted by Gasteiger charge is -2.24. The van der Waals surface area contributed by atoms with Crippen LogP contribution in [0.1, 0.15) is 23.5 Å². The van der Waals surface area contributed by atoms with Crippen LogP contribution in [0, 0.1) is 5.92 Å². The van der Waals surface area contributed by atoms with Crippen LogP contribution in [0.2, 0.25) is 0 Å². The van der Waals surface area contributed by atoms with Crippen molar-refractivity contribution in [2.45, 2.75) is 24.3 Å². The minimum absolute atomic E-state index is 0.0478. The molecule has 2 aliphatic rings. The van der Waals surface area contributed by atoms with E-state index in [-0.39, 0.29) is 18.9 Å². The number of thioether (sulfide) groups is 1. The molecular weight excluding hydrogens is 478 g/mol. The molecule has 1 aliphatic heterocycles. The van der Waals surface area contributed by atoms with Crippen molar-refractivity contribution < 1.29 is 33.0 Å². The Bertz CT molecular complexity index is 1080. The Morgan fingerprint density at radius 3 is 2.29 bits per heavy atom. The number of alkyl carbamates (subject to hydrolysis) is 1. The topological polar surface area (TPSA) is 95.9 Å². The third-order valence-electron chi connectivity index (χ3n) is 6.47. The Morgan fingerprint density at radius 1 is 1.14 bits per heavy atom. The fourth-order valence-electron chi connectivity index (χ4n) is 4.71. The zero-order valence-electron chi connectivity index (χ0n) is 19.1. The number of nitrogens with one attached hydrogen (secondary N) is 1. The van der Waals surface area contributed by atoms with Crippen LogP contribution in [-0.4, -0.2) is 71.6 Å². The fourth-order valence-corrected chi connectivity index (χ4v) is 5.18. The quantitative estimate of drug-likeness (QED) is 0.568. The molecule has 2 atom stereocenters. The van der Waals surface area contributed by atoms with Gasteiger partial charge < -0.3 is 20.1 Å². The number of ether oxygens (including phenoxy) is 1. The minimum Gasteiger partial charge on any atom is -0.481 e. The number of aliphatic carboxylic acids is 1. The maximum atomic E-state index is 14.1. The third kappa shape index (κ3) is 5.12. The molecule has 1 saturated heterocycles. The number of hydrogen-bond donors (Lipinski definition) is 2. The van der Waals surface area contributed by atoms with E-state index in [2.05, 4.69) is 5.32 Å². The molecule has 0 bridgehead atoms. The lowest BCUT2D eigenvalue weighted by Crippen LogP contribution is -2.49. The predicted octanol–water partition coefficient (Wildman–Crippen LogP) is 3.83. The van der Waals surface area contributed by atoms with Gasteiger partial charge in [-0.2, -0.15) is 11.8 Å². The standard InChI is InChI=1S/C25H26F2N2O5S/c1-35-11-10-21(22(30)29-12-20(23(31)32)25(26,27)14-29)28-24(33)34-13-19-17-8-4-2-6-15(17)16-7-3-5-9-18(16)19/h2-9,19-21H,10-14H2,1H3,(H,28,33)(H,31,32)/t20?,21-/m0/s1. The number of carboxylic acid groups (broad SMARTS) is 1. The maximum Gasteiger partial charge on any atom is 0.407 e. The second-order valence-electron chi connectivity index (χ2n) is 8.67. The molecule has 0 aromatic heterocycles. The summed E-state index contributed by atoms with van der Waals surface area (Å²) in [6.07, 6.45) is 1.19. The zero-order chi connectivity index (χ0) is 25.2. The molecule has 4 rings (SSSR count). The van der Waals surface area contributed by atoms with Gasteiger partial charge in [0.15, 0.2) is 0 Å². The molecule has 186 valence electrons. The SMILES string of the molecule is CSCC[C@H](NC(=O)OCC1c2ccccc2-c2ccccc21)C(=O)N1CC(C(=O)O)C(F)(F)C1. The van der Waals surface area contributed by atoms with Crippen molar-refractivity contribution in [2.75, 3.05) is 31.7 Å². The molecule has 10 heteroatoms. The number of fused-ring (bicyclic) bond motifs is 3. The van der Waals surface area contributed by atoms with E-state index in [4.69, 9.17) is 9.84 Å². The van der Waals surface area contributed by atoms with Crippen LogP contribution >= 0.6 is 11.8 Å². The van der Waals surface area contributed by atoms with Crippen LogP contribution in [0.25, 0.3) is 11.1 Å². The summed E-state index contributed by atoms with van der Waals surface area (Å²) in [7, 11) is 0. The fraction of sp³-hybridized carbons (Fsp3) is 0.400. The number of amides is 2. The smallest absolute Gasteiger partial charge is 0.407 e. The van der Waals surface area contributed by atoms with Gasteiger partial charge in [-0.25, -0.2) is 13.6 Å². The summed E-state index contributed by atoms with van der Waals surface area (Å²) in [4.78, 5) is 37.6. The number of rotatable bonds is 8. The predicted molar refractivity (Wildman–Crippen MR) is 128 cm³/mol.